The molecule has 60 valence electrons. The smallest absolute Gasteiger partial charge is 0.220 e. The third-order valence-electron chi connectivity index (χ3n) is 1.03. The second-order valence-corrected chi connectivity index (χ2v) is 1.79. The third-order valence-corrected chi connectivity index (χ3v) is 1.03. The summed E-state index contributed by atoms with van der Waals surface area (Å²) in [5.41, 5.74) is 0.352. The van der Waals surface area contributed by atoms with Gasteiger partial charge in [0.15, 0.2) is 0 Å². The summed E-state index contributed by atoms with van der Waals surface area (Å²) < 4.78 is 36.0. The van der Waals surface area contributed by atoms with E-state index < -0.39 is 11.7 Å². The minimum absolute atomic E-state index is 0.126. The molecule has 0 fully saturated rings. The lowest BCUT2D eigenvalue weighted by Crippen LogP contribution is -2.10. The van der Waals surface area contributed by atoms with E-state index in [2.05, 4.69) is 0 Å². The Morgan fingerprint density at radius 2 is 1.82 bits per heavy atom. The highest BCUT2D eigenvalue weighted by molar-refractivity contribution is 6.32. The second-order valence-electron chi connectivity index (χ2n) is 1.79. The van der Waals surface area contributed by atoms with E-state index in [0.29, 0.717) is 0 Å². The van der Waals surface area contributed by atoms with Crippen molar-refractivity contribution in [1.29, 1.82) is 0 Å². The van der Waals surface area contributed by atoms with Crippen LogP contribution in [-0.4, -0.2) is 7.85 Å². The van der Waals surface area contributed by atoms with Gasteiger partial charge in [-0.05, 0) is 7.85 Å². The lowest BCUT2D eigenvalue weighted by Gasteiger charge is -2.07. The van der Waals surface area contributed by atoms with Gasteiger partial charge in [0.2, 0.25) is 0 Å². The summed E-state index contributed by atoms with van der Waals surface area (Å²) in [7, 11) is -0.126. The van der Waals surface area contributed by atoms with E-state index in [9.17, 15) is 13.2 Å². The van der Waals surface area contributed by atoms with Crippen LogP contribution in [0, 0.1) is 0 Å². The lowest BCUT2D eigenvalue weighted by molar-refractivity contribution is -0.137. The lowest BCUT2D eigenvalue weighted by atomic mass is 9.94. The number of hydrogen-bond acceptors (Lipinski definition) is 0. The molecular formula is C7H7BF3-. The fourth-order valence-corrected chi connectivity index (χ4v) is 0.570. The van der Waals surface area contributed by atoms with E-state index >= 15 is 0 Å². The maximum Gasteiger partial charge on any atom is 0.416 e. The van der Waals surface area contributed by atoms with Crippen LogP contribution in [0.4, 0.5) is 13.2 Å². The highest BCUT2D eigenvalue weighted by atomic mass is 19.4. The molecule has 1 rings (SSSR count). The average Bonchev–Trinajstić information content (AvgIpc) is 1.86. The zero-order chi connectivity index (χ0) is 8.48. The molecule has 0 N–H and O–H groups in total. The van der Waals surface area contributed by atoms with E-state index in [4.69, 9.17) is 0 Å². The van der Waals surface area contributed by atoms with Gasteiger partial charge < -0.3 is 0 Å². The van der Waals surface area contributed by atoms with Crippen LogP contribution in [0.2, 0.25) is 0 Å². The van der Waals surface area contributed by atoms with Gasteiger partial charge in [-0.3, -0.25) is 0 Å². The van der Waals surface area contributed by atoms with Crippen LogP contribution in [0.5, 0.6) is 0 Å². The van der Waals surface area contributed by atoms with Crippen LogP contribution < -0.4 is 5.46 Å². The maximum absolute atomic E-state index is 12.0. The van der Waals surface area contributed by atoms with Gasteiger partial charge in [-0.15, -0.1) is 0 Å². The fraction of sp³-hybridized carbons (Fsp3) is 0.143. The number of rotatable bonds is 0. The first kappa shape index (κ1) is 8.17. The fourth-order valence-electron chi connectivity index (χ4n) is 0.570. The van der Waals surface area contributed by atoms with Gasteiger partial charge in [0, 0.05) is 0 Å². The summed E-state index contributed by atoms with van der Waals surface area (Å²) in [6.07, 6.45) is -4.18. The Morgan fingerprint density at radius 1 is 1.18 bits per heavy atom. The van der Waals surface area contributed by atoms with Crippen LogP contribution in [0.1, 0.15) is 5.56 Å². The Morgan fingerprint density at radius 3 is 2.18 bits per heavy atom. The molecule has 0 unspecified atom stereocenters. The van der Waals surface area contributed by atoms with Crippen molar-refractivity contribution in [2.45, 2.75) is 6.18 Å². The van der Waals surface area contributed by atoms with Crippen molar-refractivity contribution in [2.75, 3.05) is 0 Å². The van der Waals surface area contributed by atoms with Crippen LogP contribution in [-0.2, 0) is 6.18 Å². The van der Waals surface area contributed by atoms with Gasteiger partial charge in [0.1, 0.15) is 0 Å². The normalized spacial score (nSPS) is 11.6. The van der Waals surface area contributed by atoms with E-state index in [0.717, 1.165) is 11.5 Å². The zero-order valence-electron chi connectivity index (χ0n) is 4.94. The molecule has 0 amide bonds. The summed E-state index contributed by atoms with van der Waals surface area (Å²) in [4.78, 5) is 0. The molecule has 0 heterocycles. The highest BCUT2D eigenvalue weighted by Gasteiger charge is 2.29. The van der Waals surface area contributed by atoms with Crippen molar-refractivity contribution in [3.8, 4) is 0 Å². The molecular weight excluding hydrogens is 152 g/mol. The Balaban J connectivity index is 3.06. The standard InChI is InChI=1S/C7H7BF3/c8-6-3-1-2-5(4-6)7(9,10)11/h1-4H,8H3/q-1. The molecule has 0 aliphatic heterocycles. The molecule has 0 saturated heterocycles. The minimum Gasteiger partial charge on any atom is -0.220 e. The van der Waals surface area contributed by atoms with Crippen molar-refractivity contribution in [3.05, 3.63) is 29.8 Å². The molecule has 11 heavy (non-hydrogen) atoms. The van der Waals surface area contributed by atoms with Crippen molar-refractivity contribution < 1.29 is 13.2 Å². The molecule has 0 aromatic heterocycles. The Kier molecular flexibility index (Phi) is 1.93. The van der Waals surface area contributed by atoms with E-state index in [1.165, 1.54) is 12.1 Å². The number of alkyl halides is 3. The molecule has 0 aliphatic carbocycles. The molecule has 4 heteroatoms. The van der Waals surface area contributed by atoms with Gasteiger partial charge in [0.25, 0.3) is 0 Å². The van der Waals surface area contributed by atoms with Crippen LogP contribution in [0.25, 0.3) is 0 Å². The average molecular weight is 159 g/mol. The van der Waals surface area contributed by atoms with Crippen LogP contribution in [0.15, 0.2) is 24.3 Å². The minimum atomic E-state index is -4.18. The quantitative estimate of drug-likeness (QED) is 0.488. The van der Waals surface area contributed by atoms with E-state index in [1.807, 2.05) is 0 Å². The Hall–Kier alpha value is -0.925. The van der Waals surface area contributed by atoms with Crippen LogP contribution in [0.3, 0.4) is 0 Å². The SMILES string of the molecule is [BH3-]c1cccc(C(F)(F)F)c1. The van der Waals surface area contributed by atoms with E-state index in [-0.39, 0.29) is 7.85 Å². The molecule has 0 radical (unpaired) electrons. The van der Waals surface area contributed by atoms with Gasteiger partial charge in [-0.25, -0.2) is 5.46 Å². The molecule has 0 spiro atoms. The second kappa shape index (κ2) is 2.60. The summed E-state index contributed by atoms with van der Waals surface area (Å²) in [6.45, 7) is 0. The molecule has 1 aromatic carbocycles. The molecule has 1 aromatic rings. The zero-order valence-corrected chi connectivity index (χ0v) is 4.94. The van der Waals surface area contributed by atoms with Crippen molar-refractivity contribution in [3.63, 3.8) is 0 Å². The van der Waals surface area contributed by atoms with Crippen molar-refractivity contribution in [1.82, 2.24) is 0 Å². The van der Waals surface area contributed by atoms with Gasteiger partial charge in [0.05, 0.1) is 5.56 Å². The molecule has 0 bridgehead atoms. The molecule has 0 nitrogen and oxygen atoms in total. The first-order valence-electron chi connectivity index (χ1n) is 2.64. The van der Waals surface area contributed by atoms with Gasteiger partial charge >= 0.3 is 6.18 Å². The van der Waals surface area contributed by atoms with Gasteiger partial charge in [-0.2, -0.15) is 13.2 Å². The first-order chi connectivity index (χ1) is 5.00. The largest absolute Gasteiger partial charge is 0.416 e. The number of hydrogen-bond donors (Lipinski definition) is 0. The Labute approximate surface area is 63.4 Å². The summed E-state index contributed by atoms with van der Waals surface area (Å²) in [5.74, 6) is 0. The maximum atomic E-state index is 12.0. The highest BCUT2D eigenvalue weighted by Crippen LogP contribution is 2.27. The van der Waals surface area contributed by atoms with Crippen molar-refractivity contribution in [2.24, 2.45) is 0 Å². The number of benzene rings is 1. The summed E-state index contributed by atoms with van der Waals surface area (Å²) >= 11 is 0. The topological polar surface area (TPSA) is 0 Å². The predicted molar refractivity (Wildman–Crippen MR) is 41.0 cm³/mol. The summed E-state index contributed by atoms with van der Waals surface area (Å²) in [6, 6.07) is 5.55. The molecule has 0 atom stereocenters. The van der Waals surface area contributed by atoms with Crippen molar-refractivity contribution >= 4 is 13.3 Å². The third kappa shape index (κ3) is 2.00. The van der Waals surface area contributed by atoms with Gasteiger partial charge in [-0.1, -0.05) is 24.3 Å². The Bertz CT molecular complexity index is 254. The summed E-state index contributed by atoms with van der Waals surface area (Å²) in [5, 5.41) is 0. The molecule has 0 saturated carbocycles. The number of halogens is 3. The monoisotopic (exact) mass is 159 g/mol. The molecule has 0 aliphatic rings. The predicted octanol–water partition coefficient (Wildman–Crippen LogP) is 0.696. The van der Waals surface area contributed by atoms with E-state index in [1.54, 1.807) is 6.07 Å². The van der Waals surface area contributed by atoms with Crippen LogP contribution >= 0.6 is 0 Å². The first-order valence-corrected chi connectivity index (χ1v) is 2.64.